The highest BCUT2D eigenvalue weighted by atomic mass is 16.6. The maximum absolute atomic E-state index is 10.4. The molecule has 0 amide bonds. The van der Waals surface area contributed by atoms with Crippen molar-refractivity contribution in [2.75, 3.05) is 0 Å². The number of phenolic OH excluding ortho intramolecular Hbond substituents is 1. The first-order valence-corrected chi connectivity index (χ1v) is 9.58. The summed E-state index contributed by atoms with van der Waals surface area (Å²) >= 11 is 0. The smallest absolute Gasteiger partial charge is 0.324 e. The number of allylic oxidation sites excluding steroid dienone is 4. The van der Waals surface area contributed by atoms with E-state index in [1.165, 1.54) is 22.3 Å². The number of phenols is 1. The van der Waals surface area contributed by atoms with Gasteiger partial charge >= 0.3 is 11.4 Å². The highest BCUT2D eigenvalue weighted by Crippen LogP contribution is 2.39. The number of hydrogen-bond donors (Lipinski definition) is 1. The number of nitrogens with zero attached hydrogens (tertiary/aromatic N) is 3. The average Bonchev–Trinajstić information content (AvgIpc) is 3.31. The van der Waals surface area contributed by atoms with Crippen LogP contribution in [0.1, 0.15) is 17.5 Å². The van der Waals surface area contributed by atoms with E-state index >= 15 is 0 Å². The largest absolute Gasteiger partial charge is 0.497 e. The predicted octanol–water partition coefficient (Wildman–Crippen LogP) is 5.67. The summed E-state index contributed by atoms with van der Waals surface area (Å²) < 4.78 is 0. The van der Waals surface area contributed by atoms with Gasteiger partial charge in [-0.2, -0.15) is 0 Å². The van der Waals surface area contributed by atoms with Gasteiger partial charge in [0.05, 0.1) is 26.9 Å². The van der Waals surface area contributed by atoms with Crippen LogP contribution in [0.25, 0.3) is 11.1 Å². The van der Waals surface area contributed by atoms with Gasteiger partial charge in [0.15, 0.2) is 0 Å². The van der Waals surface area contributed by atoms with Crippen LogP contribution in [0.15, 0.2) is 84.9 Å². The van der Waals surface area contributed by atoms with Crippen molar-refractivity contribution in [2.45, 2.75) is 6.42 Å². The van der Waals surface area contributed by atoms with E-state index in [1.807, 2.05) is 0 Å². The molecule has 0 fully saturated rings. The fourth-order valence-corrected chi connectivity index (χ4v) is 3.20. The molecule has 1 aliphatic carbocycles. The minimum Gasteiger partial charge on any atom is -0.497 e. The van der Waals surface area contributed by atoms with Gasteiger partial charge in [-0.15, -0.1) is 0 Å². The Labute approximate surface area is 187 Å². The van der Waals surface area contributed by atoms with E-state index < -0.39 is 37.6 Å². The molecule has 1 aliphatic rings. The topological polar surface area (TPSA) is 150 Å². The monoisotopic (exact) mass is 447 g/mol. The van der Waals surface area contributed by atoms with Crippen LogP contribution in [-0.2, 0) is 0 Å². The summed E-state index contributed by atoms with van der Waals surface area (Å²) in [6, 6.07) is 22.1. The van der Waals surface area contributed by atoms with Gasteiger partial charge in [0.25, 0.3) is 11.4 Å². The third kappa shape index (κ3) is 5.44. The molecule has 0 heterocycles. The molecule has 10 heteroatoms. The second kappa shape index (κ2) is 9.96. The zero-order valence-electron chi connectivity index (χ0n) is 17.0. The Morgan fingerprint density at radius 1 is 0.636 bits per heavy atom. The second-order valence-electron chi connectivity index (χ2n) is 6.90. The molecular weight excluding hydrogens is 430 g/mol. The molecule has 3 aromatic rings. The molecule has 0 saturated heterocycles. The van der Waals surface area contributed by atoms with E-state index in [4.69, 9.17) is 5.11 Å². The van der Waals surface area contributed by atoms with Crippen molar-refractivity contribution in [3.8, 4) is 5.75 Å². The van der Waals surface area contributed by atoms with Crippen molar-refractivity contribution in [1.29, 1.82) is 0 Å². The zero-order valence-corrected chi connectivity index (χ0v) is 17.0. The lowest BCUT2D eigenvalue weighted by atomic mass is 9.99. The second-order valence-corrected chi connectivity index (χ2v) is 6.90. The SMILES string of the molecule is C1=C(c2ccccc2)CC(c2ccccc2)=C1.O=[N+]([O-])c1cc([N+](=O)[O-])c(O)c([N+](=O)[O-])c1. The van der Waals surface area contributed by atoms with Gasteiger partial charge in [-0.25, -0.2) is 0 Å². The van der Waals surface area contributed by atoms with E-state index in [1.54, 1.807) is 0 Å². The Kier molecular flexibility index (Phi) is 6.89. The summed E-state index contributed by atoms with van der Waals surface area (Å²) in [6.45, 7) is 0. The lowest BCUT2D eigenvalue weighted by Gasteiger charge is -2.05. The van der Waals surface area contributed by atoms with E-state index in [2.05, 4.69) is 72.8 Å². The summed E-state index contributed by atoms with van der Waals surface area (Å²) in [5.74, 6) is -1.21. The minimum atomic E-state index is -1.21. The van der Waals surface area contributed by atoms with Crippen LogP contribution >= 0.6 is 0 Å². The first kappa shape index (κ1) is 22.8. The first-order valence-electron chi connectivity index (χ1n) is 9.58. The fraction of sp³-hybridized carbons (Fsp3) is 0.0435. The Balaban J connectivity index is 0.000000186. The summed E-state index contributed by atoms with van der Waals surface area (Å²) in [4.78, 5) is 27.8. The Bertz CT molecular complexity index is 1180. The maximum atomic E-state index is 10.4. The Morgan fingerprint density at radius 3 is 1.36 bits per heavy atom. The summed E-state index contributed by atoms with van der Waals surface area (Å²) in [7, 11) is 0. The molecule has 0 saturated carbocycles. The van der Waals surface area contributed by atoms with Crippen LogP contribution in [0.3, 0.4) is 0 Å². The van der Waals surface area contributed by atoms with Crippen LogP contribution in [0.5, 0.6) is 5.75 Å². The first-order chi connectivity index (χ1) is 15.8. The number of hydrogen-bond acceptors (Lipinski definition) is 7. The number of nitro benzene ring substituents is 3. The molecule has 4 rings (SSSR count). The van der Waals surface area contributed by atoms with Crippen molar-refractivity contribution in [1.82, 2.24) is 0 Å². The fourth-order valence-electron chi connectivity index (χ4n) is 3.20. The quantitative estimate of drug-likeness (QED) is 0.391. The Hall–Kier alpha value is -4.86. The molecular formula is C23H17N3O7. The number of nitro groups is 3. The van der Waals surface area contributed by atoms with Crippen LogP contribution in [0.4, 0.5) is 17.1 Å². The van der Waals surface area contributed by atoms with Gasteiger partial charge in [0, 0.05) is 0 Å². The van der Waals surface area contributed by atoms with Gasteiger partial charge in [-0.1, -0.05) is 72.8 Å². The average molecular weight is 447 g/mol. The van der Waals surface area contributed by atoms with Gasteiger partial charge in [0.1, 0.15) is 0 Å². The van der Waals surface area contributed by atoms with Crippen LogP contribution < -0.4 is 0 Å². The number of non-ortho nitro benzene ring substituents is 1. The van der Waals surface area contributed by atoms with Crippen molar-refractivity contribution >= 4 is 28.2 Å². The standard InChI is InChI=1S/C17H14.C6H3N3O7/c1-3-7-14(8-4-1)16-11-12-17(13-16)15-9-5-2-6-10-15;10-6-4(8(13)14)1-3(7(11)12)2-5(6)9(15)16/h1-12H,13H2;1-2,10H. The molecule has 1 N–H and O–H groups in total. The van der Waals surface area contributed by atoms with Crippen LogP contribution in [-0.4, -0.2) is 19.9 Å². The third-order valence-corrected chi connectivity index (χ3v) is 4.81. The lowest BCUT2D eigenvalue weighted by molar-refractivity contribution is -0.404. The third-order valence-electron chi connectivity index (χ3n) is 4.81. The normalized spacial score (nSPS) is 12.1. The van der Waals surface area contributed by atoms with Crippen LogP contribution in [0, 0.1) is 30.3 Å². The molecule has 0 aliphatic heterocycles. The minimum absolute atomic E-state index is 0.447. The van der Waals surface area contributed by atoms with E-state index in [0.717, 1.165) is 6.42 Å². The molecule has 0 radical (unpaired) electrons. The molecule has 33 heavy (non-hydrogen) atoms. The van der Waals surface area contributed by atoms with Gasteiger partial charge in [-0.05, 0) is 28.7 Å². The highest BCUT2D eigenvalue weighted by molar-refractivity contribution is 5.86. The van der Waals surface area contributed by atoms with E-state index in [-0.39, 0.29) is 0 Å². The molecule has 0 bridgehead atoms. The van der Waals surface area contributed by atoms with Crippen LogP contribution in [0.2, 0.25) is 0 Å². The molecule has 3 aromatic carbocycles. The van der Waals surface area contributed by atoms with Crippen molar-refractivity contribution in [2.24, 2.45) is 0 Å². The highest BCUT2D eigenvalue weighted by Gasteiger charge is 2.30. The summed E-state index contributed by atoms with van der Waals surface area (Å²) in [5, 5.41) is 40.2. The molecule has 10 nitrogen and oxygen atoms in total. The van der Waals surface area contributed by atoms with Gasteiger partial charge < -0.3 is 5.11 Å². The van der Waals surface area contributed by atoms with Gasteiger partial charge in [-0.3, -0.25) is 30.3 Å². The van der Waals surface area contributed by atoms with Crippen molar-refractivity contribution in [3.05, 3.63) is 126 Å². The van der Waals surface area contributed by atoms with Gasteiger partial charge in [0.2, 0.25) is 0 Å². The molecule has 0 spiro atoms. The molecule has 0 unspecified atom stereocenters. The van der Waals surface area contributed by atoms with E-state index in [9.17, 15) is 30.3 Å². The maximum Gasteiger partial charge on any atom is 0.324 e. The number of rotatable bonds is 5. The molecule has 166 valence electrons. The number of aromatic hydroxyl groups is 1. The zero-order chi connectivity index (χ0) is 24.0. The van der Waals surface area contributed by atoms with E-state index in [0.29, 0.717) is 12.1 Å². The number of benzene rings is 3. The predicted molar refractivity (Wildman–Crippen MR) is 122 cm³/mol. The Morgan fingerprint density at radius 2 is 1.03 bits per heavy atom. The summed E-state index contributed by atoms with van der Waals surface area (Å²) in [6.07, 6.45) is 5.50. The van der Waals surface area contributed by atoms with Crippen molar-refractivity contribution in [3.63, 3.8) is 0 Å². The summed E-state index contributed by atoms with van der Waals surface area (Å²) in [5.41, 5.74) is 2.47. The molecule has 0 atom stereocenters. The lowest BCUT2D eigenvalue weighted by Crippen LogP contribution is -1.97. The van der Waals surface area contributed by atoms with Crippen molar-refractivity contribution < 1.29 is 19.9 Å². The molecule has 0 aromatic heterocycles.